The second-order valence-electron chi connectivity index (χ2n) is 5.29. The summed E-state index contributed by atoms with van der Waals surface area (Å²) in [5.74, 6) is 1.79. The van der Waals surface area contributed by atoms with Gasteiger partial charge in [-0.2, -0.15) is 0 Å². The molecule has 0 saturated carbocycles. The van der Waals surface area contributed by atoms with E-state index in [0.717, 1.165) is 26.1 Å². The minimum atomic E-state index is 0.409. The number of hydrogen-bond donors (Lipinski definition) is 0. The number of aryl methyl sites for hydroxylation is 1. The van der Waals surface area contributed by atoms with Crippen LogP contribution in [0.3, 0.4) is 0 Å². The van der Waals surface area contributed by atoms with Gasteiger partial charge in [-0.15, -0.1) is 11.6 Å². The maximum absolute atomic E-state index is 6.08. The lowest BCUT2D eigenvalue weighted by atomic mass is 9.94. The van der Waals surface area contributed by atoms with Crippen LogP contribution >= 0.6 is 11.6 Å². The topological polar surface area (TPSA) is 9.23 Å². The molecule has 1 unspecified atom stereocenters. The first-order valence-corrected chi connectivity index (χ1v) is 7.37. The molecule has 1 rings (SSSR count). The van der Waals surface area contributed by atoms with Gasteiger partial charge >= 0.3 is 0 Å². The standard InChI is InChI=1S/C16H25ClO/c1-13(2)8-10-18-11-9-15(12-17)16-7-5-4-6-14(16)3/h4-7,13,15H,8-12H2,1-3H3. The molecule has 1 nitrogen and oxygen atoms in total. The summed E-state index contributed by atoms with van der Waals surface area (Å²) < 4.78 is 5.68. The molecule has 1 atom stereocenters. The third kappa shape index (κ3) is 5.41. The molecule has 2 heteroatoms. The van der Waals surface area contributed by atoms with Crippen molar-refractivity contribution in [3.8, 4) is 0 Å². The average molecular weight is 269 g/mol. The molecule has 0 radical (unpaired) electrons. The highest BCUT2D eigenvalue weighted by molar-refractivity contribution is 6.18. The molecule has 1 aromatic carbocycles. The zero-order valence-electron chi connectivity index (χ0n) is 11.8. The van der Waals surface area contributed by atoms with Gasteiger partial charge in [0, 0.05) is 19.1 Å². The van der Waals surface area contributed by atoms with Crippen molar-refractivity contribution in [1.29, 1.82) is 0 Å². The Balaban J connectivity index is 2.36. The quantitative estimate of drug-likeness (QED) is 0.487. The maximum atomic E-state index is 6.08. The third-order valence-electron chi connectivity index (χ3n) is 3.26. The molecule has 0 aliphatic heterocycles. The molecule has 102 valence electrons. The highest BCUT2D eigenvalue weighted by Crippen LogP contribution is 2.24. The van der Waals surface area contributed by atoms with Gasteiger partial charge in [-0.1, -0.05) is 38.1 Å². The fourth-order valence-electron chi connectivity index (χ4n) is 2.01. The van der Waals surface area contributed by atoms with Crippen molar-refractivity contribution < 1.29 is 4.74 Å². The molecule has 0 fully saturated rings. The first kappa shape index (κ1) is 15.5. The van der Waals surface area contributed by atoms with Crippen molar-refractivity contribution >= 4 is 11.6 Å². The molecule has 0 bridgehead atoms. The summed E-state index contributed by atoms with van der Waals surface area (Å²) in [6, 6.07) is 8.48. The second-order valence-corrected chi connectivity index (χ2v) is 5.60. The van der Waals surface area contributed by atoms with Gasteiger partial charge in [0.25, 0.3) is 0 Å². The van der Waals surface area contributed by atoms with Crippen molar-refractivity contribution in [2.45, 2.75) is 39.5 Å². The number of rotatable bonds is 8. The Labute approximate surface area is 116 Å². The van der Waals surface area contributed by atoms with E-state index in [4.69, 9.17) is 16.3 Å². The normalized spacial score (nSPS) is 12.9. The lowest BCUT2D eigenvalue weighted by molar-refractivity contribution is 0.118. The number of alkyl halides is 1. The van der Waals surface area contributed by atoms with E-state index in [9.17, 15) is 0 Å². The Morgan fingerprint density at radius 2 is 1.78 bits per heavy atom. The summed E-state index contributed by atoms with van der Waals surface area (Å²) in [5.41, 5.74) is 2.69. The van der Waals surface area contributed by atoms with Gasteiger partial charge in [-0.25, -0.2) is 0 Å². The van der Waals surface area contributed by atoms with Gasteiger partial charge in [0.15, 0.2) is 0 Å². The van der Waals surface area contributed by atoms with Gasteiger partial charge in [0.2, 0.25) is 0 Å². The van der Waals surface area contributed by atoms with Crippen molar-refractivity contribution in [3.05, 3.63) is 35.4 Å². The van der Waals surface area contributed by atoms with E-state index in [-0.39, 0.29) is 0 Å². The van der Waals surface area contributed by atoms with Crippen LogP contribution in [0.1, 0.15) is 43.7 Å². The Hall–Kier alpha value is -0.530. The summed E-state index contributed by atoms with van der Waals surface area (Å²) in [6.07, 6.45) is 2.14. The van der Waals surface area contributed by atoms with Gasteiger partial charge in [-0.05, 0) is 42.7 Å². The lowest BCUT2D eigenvalue weighted by Crippen LogP contribution is -2.08. The van der Waals surface area contributed by atoms with Gasteiger partial charge in [0.05, 0.1) is 0 Å². The Morgan fingerprint density at radius 3 is 2.39 bits per heavy atom. The fourth-order valence-corrected chi connectivity index (χ4v) is 2.33. The molecule has 0 amide bonds. The van der Waals surface area contributed by atoms with E-state index >= 15 is 0 Å². The molecule has 0 heterocycles. The van der Waals surface area contributed by atoms with Gasteiger partial charge in [0.1, 0.15) is 0 Å². The maximum Gasteiger partial charge on any atom is 0.0472 e. The molecule has 0 aliphatic rings. The zero-order valence-corrected chi connectivity index (χ0v) is 12.5. The van der Waals surface area contributed by atoms with Crippen molar-refractivity contribution in [1.82, 2.24) is 0 Å². The van der Waals surface area contributed by atoms with E-state index in [2.05, 4.69) is 45.0 Å². The molecule has 0 N–H and O–H groups in total. The first-order chi connectivity index (χ1) is 8.65. The average Bonchev–Trinajstić information content (AvgIpc) is 2.35. The minimum absolute atomic E-state index is 0.409. The van der Waals surface area contributed by atoms with E-state index in [0.29, 0.717) is 17.7 Å². The van der Waals surface area contributed by atoms with Crippen LogP contribution in [0, 0.1) is 12.8 Å². The summed E-state index contributed by atoms with van der Waals surface area (Å²) in [5, 5.41) is 0. The van der Waals surface area contributed by atoms with Crippen molar-refractivity contribution in [2.75, 3.05) is 19.1 Å². The smallest absolute Gasteiger partial charge is 0.0472 e. The lowest BCUT2D eigenvalue weighted by Gasteiger charge is -2.17. The number of benzene rings is 1. The van der Waals surface area contributed by atoms with Crippen LogP contribution in [0.5, 0.6) is 0 Å². The van der Waals surface area contributed by atoms with Gasteiger partial charge < -0.3 is 4.74 Å². The van der Waals surface area contributed by atoms with Crippen LogP contribution in [0.15, 0.2) is 24.3 Å². The van der Waals surface area contributed by atoms with Crippen LogP contribution in [0.25, 0.3) is 0 Å². The summed E-state index contributed by atoms with van der Waals surface area (Å²) >= 11 is 6.08. The molecule has 18 heavy (non-hydrogen) atoms. The Morgan fingerprint density at radius 1 is 1.11 bits per heavy atom. The second kappa shape index (κ2) is 8.55. The van der Waals surface area contributed by atoms with E-state index in [1.807, 2.05) is 0 Å². The van der Waals surface area contributed by atoms with Crippen LogP contribution in [-0.2, 0) is 4.74 Å². The predicted molar refractivity (Wildman–Crippen MR) is 79.5 cm³/mol. The van der Waals surface area contributed by atoms with Crippen molar-refractivity contribution in [2.24, 2.45) is 5.92 Å². The number of halogens is 1. The number of hydrogen-bond acceptors (Lipinski definition) is 1. The summed E-state index contributed by atoms with van der Waals surface area (Å²) in [7, 11) is 0. The van der Waals surface area contributed by atoms with E-state index < -0.39 is 0 Å². The highest BCUT2D eigenvalue weighted by Gasteiger charge is 2.12. The SMILES string of the molecule is Cc1ccccc1C(CCl)CCOCCC(C)C. The zero-order chi connectivity index (χ0) is 13.4. The third-order valence-corrected chi connectivity index (χ3v) is 3.64. The molecule has 0 saturated heterocycles. The highest BCUT2D eigenvalue weighted by atomic mass is 35.5. The van der Waals surface area contributed by atoms with Crippen LogP contribution < -0.4 is 0 Å². The summed E-state index contributed by atoms with van der Waals surface area (Å²) in [4.78, 5) is 0. The van der Waals surface area contributed by atoms with Crippen molar-refractivity contribution in [3.63, 3.8) is 0 Å². The molecule has 0 aromatic heterocycles. The summed E-state index contributed by atoms with van der Waals surface area (Å²) in [6.45, 7) is 8.25. The molecule has 1 aromatic rings. The Kier molecular flexibility index (Phi) is 7.38. The van der Waals surface area contributed by atoms with Crippen LogP contribution in [0.2, 0.25) is 0 Å². The minimum Gasteiger partial charge on any atom is -0.381 e. The first-order valence-electron chi connectivity index (χ1n) is 6.84. The molecule has 0 spiro atoms. The van der Waals surface area contributed by atoms with Crippen LogP contribution in [0.4, 0.5) is 0 Å². The largest absolute Gasteiger partial charge is 0.381 e. The van der Waals surface area contributed by atoms with Gasteiger partial charge in [-0.3, -0.25) is 0 Å². The molecule has 0 aliphatic carbocycles. The molecular weight excluding hydrogens is 244 g/mol. The Bertz CT molecular complexity index is 336. The number of ether oxygens (including phenoxy) is 1. The monoisotopic (exact) mass is 268 g/mol. The fraction of sp³-hybridized carbons (Fsp3) is 0.625. The predicted octanol–water partition coefficient (Wildman–Crippen LogP) is 4.77. The van der Waals surface area contributed by atoms with E-state index in [1.54, 1.807) is 0 Å². The molecular formula is C16H25ClO. The van der Waals surface area contributed by atoms with E-state index in [1.165, 1.54) is 11.1 Å². The van der Waals surface area contributed by atoms with Crippen LogP contribution in [-0.4, -0.2) is 19.1 Å².